The van der Waals surface area contributed by atoms with Crippen LogP contribution in [0, 0.1) is 0 Å². The molecule has 0 bridgehead atoms. The molecule has 2 aromatic heterocycles. The lowest BCUT2D eigenvalue weighted by molar-refractivity contribution is 0.0623. The summed E-state index contributed by atoms with van der Waals surface area (Å²) in [6.07, 6.45) is 3.57. The number of piperazine rings is 1. The lowest BCUT2D eigenvalue weighted by Gasteiger charge is -2.34. The molecule has 4 rings (SSSR count). The molecule has 6 heteroatoms. The second-order valence-corrected chi connectivity index (χ2v) is 7.72. The van der Waals surface area contributed by atoms with Crippen molar-refractivity contribution in [3.05, 3.63) is 84.3 Å². The van der Waals surface area contributed by atoms with Crippen LogP contribution >= 0.6 is 11.8 Å². The molecule has 0 saturated carbocycles. The van der Waals surface area contributed by atoms with Crippen molar-refractivity contribution in [2.45, 2.75) is 16.5 Å². The number of pyridine rings is 2. The fourth-order valence-electron chi connectivity index (χ4n) is 3.24. The van der Waals surface area contributed by atoms with Gasteiger partial charge in [-0.3, -0.25) is 14.7 Å². The van der Waals surface area contributed by atoms with E-state index in [4.69, 9.17) is 0 Å². The normalized spacial score (nSPS) is 14.8. The summed E-state index contributed by atoms with van der Waals surface area (Å²) in [4.78, 5) is 27.3. The number of carbonyl (C=O) groups excluding carboxylic acids is 1. The van der Waals surface area contributed by atoms with Crippen molar-refractivity contribution >= 4 is 17.7 Å². The topological polar surface area (TPSA) is 49.3 Å². The van der Waals surface area contributed by atoms with Crippen LogP contribution in [-0.2, 0) is 6.54 Å². The van der Waals surface area contributed by atoms with E-state index >= 15 is 0 Å². The monoisotopic (exact) mass is 390 g/mol. The van der Waals surface area contributed by atoms with Gasteiger partial charge in [-0.25, -0.2) is 4.98 Å². The average Bonchev–Trinajstić information content (AvgIpc) is 2.76. The van der Waals surface area contributed by atoms with Gasteiger partial charge in [0.1, 0.15) is 5.03 Å². The maximum atomic E-state index is 13.1. The van der Waals surface area contributed by atoms with Gasteiger partial charge in [-0.05, 0) is 36.4 Å². The molecular weight excluding hydrogens is 368 g/mol. The number of hydrogen-bond donors (Lipinski definition) is 0. The van der Waals surface area contributed by atoms with Crippen LogP contribution in [0.3, 0.4) is 0 Å². The van der Waals surface area contributed by atoms with Gasteiger partial charge in [-0.1, -0.05) is 36.0 Å². The summed E-state index contributed by atoms with van der Waals surface area (Å²) in [7, 11) is 0. The van der Waals surface area contributed by atoms with Crippen LogP contribution in [0.5, 0.6) is 0 Å². The van der Waals surface area contributed by atoms with Gasteiger partial charge in [0.05, 0.1) is 11.3 Å². The van der Waals surface area contributed by atoms with Gasteiger partial charge >= 0.3 is 0 Å². The van der Waals surface area contributed by atoms with Crippen molar-refractivity contribution in [1.82, 2.24) is 19.8 Å². The van der Waals surface area contributed by atoms with E-state index in [-0.39, 0.29) is 5.91 Å². The molecule has 28 heavy (non-hydrogen) atoms. The van der Waals surface area contributed by atoms with Crippen LogP contribution in [0.4, 0.5) is 0 Å². The Kier molecular flexibility index (Phi) is 5.99. The van der Waals surface area contributed by atoms with Gasteiger partial charge in [0.2, 0.25) is 0 Å². The lowest BCUT2D eigenvalue weighted by atomic mass is 10.2. The van der Waals surface area contributed by atoms with Crippen LogP contribution in [0.25, 0.3) is 0 Å². The molecule has 142 valence electrons. The number of benzene rings is 1. The molecule has 1 amide bonds. The molecule has 5 nitrogen and oxygen atoms in total. The SMILES string of the molecule is O=C(c1cccnc1Sc1ccccc1)N1CCN(Cc2ccccn2)CC1. The Labute approximate surface area is 169 Å². The highest BCUT2D eigenvalue weighted by molar-refractivity contribution is 7.99. The van der Waals surface area contributed by atoms with E-state index < -0.39 is 0 Å². The highest BCUT2D eigenvalue weighted by atomic mass is 32.2. The minimum absolute atomic E-state index is 0.0593. The summed E-state index contributed by atoms with van der Waals surface area (Å²) >= 11 is 1.53. The summed E-state index contributed by atoms with van der Waals surface area (Å²) in [5.74, 6) is 0.0593. The van der Waals surface area contributed by atoms with Crippen molar-refractivity contribution in [1.29, 1.82) is 0 Å². The Hall–Kier alpha value is -2.70. The first kappa shape index (κ1) is 18.7. The van der Waals surface area contributed by atoms with E-state index in [1.54, 1.807) is 6.20 Å². The molecule has 1 aliphatic heterocycles. The molecule has 0 spiro atoms. The molecule has 3 aromatic rings. The molecule has 1 fully saturated rings. The van der Waals surface area contributed by atoms with Crippen LogP contribution < -0.4 is 0 Å². The van der Waals surface area contributed by atoms with E-state index in [1.807, 2.05) is 71.8 Å². The zero-order valence-corrected chi connectivity index (χ0v) is 16.4. The van der Waals surface area contributed by atoms with E-state index in [9.17, 15) is 4.79 Å². The number of hydrogen-bond acceptors (Lipinski definition) is 5. The molecule has 3 heterocycles. The predicted octanol–water partition coefficient (Wildman–Crippen LogP) is 3.59. The lowest BCUT2D eigenvalue weighted by Crippen LogP contribution is -2.48. The molecule has 1 saturated heterocycles. The second kappa shape index (κ2) is 8.99. The van der Waals surface area contributed by atoms with Crippen molar-refractivity contribution in [2.75, 3.05) is 26.2 Å². The summed E-state index contributed by atoms with van der Waals surface area (Å²) < 4.78 is 0. The molecule has 0 N–H and O–H groups in total. The largest absolute Gasteiger partial charge is 0.336 e. The molecule has 0 unspecified atom stereocenters. The fourth-order valence-corrected chi connectivity index (χ4v) is 4.13. The van der Waals surface area contributed by atoms with Crippen molar-refractivity contribution in [3.8, 4) is 0 Å². The van der Waals surface area contributed by atoms with Gasteiger partial charge in [-0.2, -0.15) is 0 Å². The summed E-state index contributed by atoms with van der Waals surface area (Å²) in [6, 6.07) is 19.7. The van der Waals surface area contributed by atoms with Gasteiger partial charge < -0.3 is 4.90 Å². The van der Waals surface area contributed by atoms with Gasteiger partial charge in [0.15, 0.2) is 0 Å². The smallest absolute Gasteiger partial charge is 0.256 e. The summed E-state index contributed by atoms with van der Waals surface area (Å²) in [6.45, 7) is 3.96. The summed E-state index contributed by atoms with van der Waals surface area (Å²) in [5, 5.41) is 0.759. The van der Waals surface area contributed by atoms with E-state index in [1.165, 1.54) is 11.8 Å². The molecule has 1 aromatic carbocycles. The van der Waals surface area contributed by atoms with Crippen molar-refractivity contribution in [3.63, 3.8) is 0 Å². The van der Waals surface area contributed by atoms with Crippen LogP contribution in [-0.4, -0.2) is 51.9 Å². The molecule has 0 aliphatic carbocycles. The molecule has 0 atom stereocenters. The van der Waals surface area contributed by atoms with Crippen LogP contribution in [0.2, 0.25) is 0 Å². The number of nitrogens with zero attached hydrogens (tertiary/aromatic N) is 4. The number of carbonyl (C=O) groups is 1. The Morgan fingerprint density at radius 1 is 0.857 bits per heavy atom. The molecular formula is C22H22N4OS. The third kappa shape index (κ3) is 4.58. The van der Waals surface area contributed by atoms with Crippen molar-refractivity contribution in [2.24, 2.45) is 0 Å². The Morgan fingerprint density at radius 2 is 1.61 bits per heavy atom. The number of aromatic nitrogens is 2. The van der Waals surface area contributed by atoms with Crippen LogP contribution in [0.1, 0.15) is 16.1 Å². The third-order valence-electron chi connectivity index (χ3n) is 4.73. The number of amides is 1. The Bertz CT molecular complexity index is 912. The second-order valence-electron chi connectivity index (χ2n) is 6.66. The maximum Gasteiger partial charge on any atom is 0.256 e. The maximum absolute atomic E-state index is 13.1. The Balaban J connectivity index is 1.40. The highest BCUT2D eigenvalue weighted by Crippen LogP contribution is 2.29. The zero-order valence-electron chi connectivity index (χ0n) is 15.6. The predicted molar refractivity (Wildman–Crippen MR) is 110 cm³/mol. The number of rotatable bonds is 5. The van der Waals surface area contributed by atoms with Gasteiger partial charge in [0.25, 0.3) is 5.91 Å². The van der Waals surface area contributed by atoms with E-state index in [2.05, 4.69) is 14.9 Å². The summed E-state index contributed by atoms with van der Waals surface area (Å²) in [5.41, 5.74) is 1.74. The molecule has 1 aliphatic rings. The third-order valence-corrected chi connectivity index (χ3v) is 5.76. The minimum atomic E-state index is 0.0593. The fraction of sp³-hybridized carbons (Fsp3) is 0.227. The standard InChI is InChI=1S/C22H22N4OS/c27-22(20-10-6-12-24-21(20)28-19-8-2-1-3-9-19)26-15-13-25(14-16-26)17-18-7-4-5-11-23-18/h1-12H,13-17H2. The first-order valence-electron chi connectivity index (χ1n) is 9.39. The molecule has 0 radical (unpaired) electrons. The van der Waals surface area contributed by atoms with Crippen molar-refractivity contribution < 1.29 is 4.79 Å². The first-order valence-corrected chi connectivity index (χ1v) is 10.2. The quantitative estimate of drug-likeness (QED) is 0.666. The van der Waals surface area contributed by atoms with Gasteiger partial charge in [0, 0.05) is 50.0 Å². The van der Waals surface area contributed by atoms with E-state index in [0.29, 0.717) is 5.56 Å². The Morgan fingerprint density at radius 3 is 2.36 bits per heavy atom. The zero-order chi connectivity index (χ0) is 19.2. The average molecular weight is 391 g/mol. The van der Waals surface area contributed by atoms with Crippen LogP contribution in [0.15, 0.2) is 83.0 Å². The highest BCUT2D eigenvalue weighted by Gasteiger charge is 2.24. The minimum Gasteiger partial charge on any atom is -0.336 e. The first-order chi connectivity index (χ1) is 13.8. The van der Waals surface area contributed by atoms with Gasteiger partial charge in [-0.15, -0.1) is 0 Å². The van der Waals surface area contributed by atoms with E-state index in [0.717, 1.165) is 48.3 Å².